The van der Waals surface area contributed by atoms with E-state index in [0.717, 1.165) is 0 Å². The summed E-state index contributed by atoms with van der Waals surface area (Å²) in [4.78, 5) is 43.4. The van der Waals surface area contributed by atoms with E-state index in [-0.39, 0.29) is 60.6 Å². The van der Waals surface area contributed by atoms with Crippen LogP contribution in [0.4, 0.5) is 11.4 Å². The molecule has 0 radical (unpaired) electrons. The second-order valence-electron chi connectivity index (χ2n) is 6.19. The maximum Gasteiger partial charge on any atom is 0.321 e. The van der Waals surface area contributed by atoms with Gasteiger partial charge in [-0.1, -0.05) is 0 Å². The molecule has 176 valence electrons. The lowest BCUT2D eigenvalue weighted by molar-refractivity contribution is -0.386. The lowest BCUT2D eigenvalue weighted by atomic mass is 10.1. The van der Waals surface area contributed by atoms with Gasteiger partial charge in [0.25, 0.3) is 0 Å². The van der Waals surface area contributed by atoms with Crippen LogP contribution in [0, 0.1) is 20.2 Å². The molecular formula is C20H20N2O11. The summed E-state index contributed by atoms with van der Waals surface area (Å²) in [6.45, 7) is -0.205. The fourth-order valence-corrected chi connectivity index (χ4v) is 2.76. The molecule has 13 heteroatoms. The van der Waals surface area contributed by atoms with E-state index in [1.807, 2.05) is 0 Å². The summed E-state index contributed by atoms with van der Waals surface area (Å²) in [6, 6.07) is 5.00. The standard InChI is InChI=1S/C20H20N2O11/c1-29-15-7-13(11-23)19(21(25)26)17(9-15)32-5-3-31-4-6-33-18-10-16(30-2)8-14(12-24)20(18)22(27)28/h7-12H,3-6H2,1-2H3. The highest BCUT2D eigenvalue weighted by Crippen LogP contribution is 2.35. The summed E-state index contributed by atoms with van der Waals surface area (Å²) in [5.74, 6) is 0.104. The van der Waals surface area contributed by atoms with Gasteiger partial charge >= 0.3 is 11.4 Å². The number of hydrogen-bond acceptors (Lipinski definition) is 11. The zero-order valence-corrected chi connectivity index (χ0v) is 17.7. The van der Waals surface area contributed by atoms with Gasteiger partial charge in [-0.25, -0.2) is 0 Å². The molecule has 0 saturated heterocycles. The largest absolute Gasteiger partial charge is 0.497 e. The van der Waals surface area contributed by atoms with Crippen LogP contribution in [0.3, 0.4) is 0 Å². The van der Waals surface area contributed by atoms with Gasteiger partial charge in [0.15, 0.2) is 12.6 Å². The Labute approximate surface area is 187 Å². The maximum absolute atomic E-state index is 11.3. The third-order valence-electron chi connectivity index (χ3n) is 4.22. The number of nitro benzene ring substituents is 2. The normalized spacial score (nSPS) is 10.2. The van der Waals surface area contributed by atoms with E-state index in [1.165, 1.54) is 38.5 Å². The van der Waals surface area contributed by atoms with Gasteiger partial charge in [-0.15, -0.1) is 0 Å². The maximum atomic E-state index is 11.3. The van der Waals surface area contributed by atoms with E-state index >= 15 is 0 Å². The van der Waals surface area contributed by atoms with E-state index in [4.69, 9.17) is 23.7 Å². The molecule has 0 atom stereocenters. The van der Waals surface area contributed by atoms with Gasteiger partial charge in [0.05, 0.1) is 48.4 Å². The summed E-state index contributed by atoms with van der Waals surface area (Å²) >= 11 is 0. The van der Waals surface area contributed by atoms with Crippen LogP contribution < -0.4 is 18.9 Å². The zero-order chi connectivity index (χ0) is 24.4. The molecule has 0 aliphatic heterocycles. The monoisotopic (exact) mass is 464 g/mol. The number of ether oxygens (including phenoxy) is 5. The number of rotatable bonds is 14. The van der Waals surface area contributed by atoms with Crippen molar-refractivity contribution in [1.82, 2.24) is 0 Å². The summed E-state index contributed by atoms with van der Waals surface area (Å²) < 4.78 is 26.1. The summed E-state index contributed by atoms with van der Waals surface area (Å²) in [5, 5.41) is 22.6. The first kappa shape index (κ1) is 25.0. The van der Waals surface area contributed by atoms with E-state index in [1.54, 1.807) is 0 Å². The lowest BCUT2D eigenvalue weighted by Crippen LogP contribution is -2.13. The van der Waals surface area contributed by atoms with Gasteiger partial charge in [0, 0.05) is 12.1 Å². The Hall–Kier alpha value is -4.26. The molecule has 0 fully saturated rings. The SMILES string of the molecule is COc1cc(C=O)c([N+](=O)[O-])c(OCCOCCOc2cc(OC)cc(C=O)c2[N+](=O)[O-])c1. The summed E-state index contributed by atoms with van der Waals surface area (Å²) in [6.07, 6.45) is 0.657. The quantitative estimate of drug-likeness (QED) is 0.174. The van der Waals surface area contributed by atoms with Crippen molar-refractivity contribution in [3.8, 4) is 23.0 Å². The molecule has 0 N–H and O–H groups in total. The molecule has 0 aromatic heterocycles. The van der Waals surface area contributed by atoms with Crippen LogP contribution >= 0.6 is 0 Å². The van der Waals surface area contributed by atoms with Gasteiger partial charge in [0.2, 0.25) is 11.5 Å². The Kier molecular flexibility index (Phi) is 9.06. The first-order valence-corrected chi connectivity index (χ1v) is 9.32. The first-order valence-electron chi connectivity index (χ1n) is 9.32. The Morgan fingerprint density at radius 1 is 0.727 bits per heavy atom. The number of carbonyl (C=O) groups excluding carboxylic acids is 2. The Bertz CT molecular complexity index is 958. The van der Waals surface area contributed by atoms with Crippen LogP contribution in [-0.2, 0) is 4.74 Å². The predicted molar refractivity (Wildman–Crippen MR) is 112 cm³/mol. The fourth-order valence-electron chi connectivity index (χ4n) is 2.76. The molecule has 2 rings (SSSR count). The number of hydrogen-bond donors (Lipinski definition) is 0. The minimum Gasteiger partial charge on any atom is -0.497 e. The van der Waals surface area contributed by atoms with Crippen molar-refractivity contribution in [1.29, 1.82) is 0 Å². The lowest BCUT2D eigenvalue weighted by Gasteiger charge is -2.11. The number of nitro groups is 2. The Balaban J connectivity index is 1.93. The molecule has 0 aliphatic carbocycles. The smallest absolute Gasteiger partial charge is 0.321 e. The minimum atomic E-state index is -0.734. The van der Waals surface area contributed by atoms with Gasteiger partial charge in [0.1, 0.15) is 24.7 Å². The first-order chi connectivity index (χ1) is 15.9. The van der Waals surface area contributed by atoms with Crippen LogP contribution in [0.5, 0.6) is 23.0 Å². The Morgan fingerprint density at radius 2 is 1.12 bits per heavy atom. The van der Waals surface area contributed by atoms with Crippen molar-refractivity contribution in [3.05, 3.63) is 55.6 Å². The average Bonchev–Trinajstić information content (AvgIpc) is 2.81. The Morgan fingerprint density at radius 3 is 1.42 bits per heavy atom. The topological polar surface area (TPSA) is 167 Å². The molecule has 0 amide bonds. The van der Waals surface area contributed by atoms with Crippen molar-refractivity contribution in [2.75, 3.05) is 40.6 Å². The molecule has 0 heterocycles. The van der Waals surface area contributed by atoms with Crippen LogP contribution in [0.15, 0.2) is 24.3 Å². The summed E-state index contributed by atoms with van der Waals surface area (Å²) in [7, 11) is 2.68. The summed E-state index contributed by atoms with van der Waals surface area (Å²) in [5.41, 5.74) is -1.38. The van der Waals surface area contributed by atoms with Crippen molar-refractivity contribution in [3.63, 3.8) is 0 Å². The van der Waals surface area contributed by atoms with Crippen molar-refractivity contribution in [2.24, 2.45) is 0 Å². The molecule has 2 aromatic carbocycles. The van der Waals surface area contributed by atoms with Crippen molar-refractivity contribution < 1.29 is 43.1 Å². The molecule has 0 bridgehead atoms. The van der Waals surface area contributed by atoms with Gasteiger partial charge in [-0.3, -0.25) is 29.8 Å². The van der Waals surface area contributed by atoms with E-state index in [9.17, 15) is 29.8 Å². The molecule has 0 unspecified atom stereocenters. The van der Waals surface area contributed by atoms with Crippen LogP contribution in [0.1, 0.15) is 20.7 Å². The average molecular weight is 464 g/mol. The second-order valence-corrected chi connectivity index (χ2v) is 6.19. The molecule has 0 spiro atoms. The van der Waals surface area contributed by atoms with E-state index in [0.29, 0.717) is 12.6 Å². The highest BCUT2D eigenvalue weighted by Gasteiger charge is 2.24. The van der Waals surface area contributed by atoms with E-state index in [2.05, 4.69) is 0 Å². The van der Waals surface area contributed by atoms with Gasteiger partial charge in [-0.2, -0.15) is 0 Å². The molecule has 2 aromatic rings. The van der Waals surface area contributed by atoms with Crippen LogP contribution in [0.2, 0.25) is 0 Å². The minimum absolute atomic E-state index is 0.00601. The number of aldehydes is 2. The number of carbonyl (C=O) groups is 2. The number of methoxy groups -OCH3 is 2. The molecule has 33 heavy (non-hydrogen) atoms. The highest BCUT2D eigenvalue weighted by atomic mass is 16.6. The van der Waals surface area contributed by atoms with Gasteiger partial charge < -0.3 is 23.7 Å². The molecule has 13 nitrogen and oxygen atoms in total. The number of nitrogens with zero attached hydrogens (tertiary/aromatic N) is 2. The predicted octanol–water partition coefficient (Wildman–Crippen LogP) is 2.62. The highest BCUT2D eigenvalue weighted by molar-refractivity contribution is 5.85. The second kappa shape index (κ2) is 12.0. The van der Waals surface area contributed by atoms with Crippen molar-refractivity contribution >= 4 is 23.9 Å². The van der Waals surface area contributed by atoms with Crippen molar-refractivity contribution in [2.45, 2.75) is 0 Å². The third kappa shape index (κ3) is 6.36. The molecule has 0 aliphatic rings. The van der Waals surface area contributed by atoms with E-state index < -0.39 is 21.2 Å². The van der Waals surface area contributed by atoms with Gasteiger partial charge in [-0.05, 0) is 12.1 Å². The fraction of sp³-hybridized carbons (Fsp3) is 0.300. The van der Waals surface area contributed by atoms with Crippen LogP contribution in [0.25, 0.3) is 0 Å². The molecular weight excluding hydrogens is 444 g/mol. The number of benzene rings is 2. The zero-order valence-electron chi connectivity index (χ0n) is 17.7. The molecule has 0 saturated carbocycles. The third-order valence-corrected chi connectivity index (χ3v) is 4.22. The van der Waals surface area contributed by atoms with Crippen LogP contribution in [-0.4, -0.2) is 63.1 Å².